The molecule has 0 radical (unpaired) electrons. The number of carbonyl (C=O) groups is 1. The van der Waals surface area contributed by atoms with Crippen molar-refractivity contribution < 1.29 is 14.3 Å². The third-order valence-corrected chi connectivity index (χ3v) is 7.57. The van der Waals surface area contributed by atoms with Gasteiger partial charge in [-0.05, 0) is 49.4 Å². The lowest BCUT2D eigenvalue weighted by molar-refractivity contribution is -0.113. The van der Waals surface area contributed by atoms with Gasteiger partial charge in [-0.3, -0.25) is 9.48 Å². The minimum Gasteiger partial charge on any atom is -0.381 e. The van der Waals surface area contributed by atoms with Crippen molar-refractivity contribution in [2.45, 2.75) is 50.4 Å². The van der Waals surface area contributed by atoms with Crippen molar-refractivity contribution in [3.63, 3.8) is 0 Å². The van der Waals surface area contributed by atoms with Gasteiger partial charge in [0.25, 0.3) is 5.91 Å². The molecule has 1 aromatic heterocycles. The Hall–Kier alpha value is -2.93. The minimum atomic E-state index is -0.0940. The molecule has 2 atom stereocenters. The Morgan fingerprint density at radius 2 is 1.86 bits per heavy atom. The number of halogens is 1. The van der Waals surface area contributed by atoms with E-state index in [0.717, 1.165) is 66.9 Å². The van der Waals surface area contributed by atoms with Crippen LogP contribution >= 0.6 is 11.6 Å². The summed E-state index contributed by atoms with van der Waals surface area (Å²) in [5, 5.41) is 8.36. The lowest BCUT2D eigenvalue weighted by Gasteiger charge is -2.30. The summed E-state index contributed by atoms with van der Waals surface area (Å²) in [6.45, 7) is 1.47. The summed E-state index contributed by atoms with van der Waals surface area (Å²) in [7, 11) is 0. The first-order valence-electron chi connectivity index (χ1n) is 12.3. The number of anilines is 1. The van der Waals surface area contributed by atoms with Gasteiger partial charge in [-0.25, -0.2) is 0 Å². The number of benzene rings is 2. The molecule has 4 heterocycles. The van der Waals surface area contributed by atoms with Crippen LogP contribution in [0.25, 0.3) is 16.7 Å². The maximum atomic E-state index is 13.6. The van der Waals surface area contributed by atoms with Crippen molar-refractivity contribution in [2.24, 2.45) is 0 Å². The molecule has 1 N–H and O–H groups in total. The molecular formula is C28H28ClN3O3. The van der Waals surface area contributed by atoms with E-state index in [0.29, 0.717) is 17.1 Å². The number of fused-ring (bicyclic) bond motifs is 2. The smallest absolute Gasteiger partial charge is 0.252 e. The highest BCUT2D eigenvalue weighted by Crippen LogP contribution is 2.43. The lowest BCUT2D eigenvalue weighted by atomic mass is 9.94. The molecule has 6 nitrogen and oxygen atoms in total. The van der Waals surface area contributed by atoms with Crippen LogP contribution < -0.4 is 5.32 Å². The Labute approximate surface area is 209 Å². The molecule has 0 unspecified atom stereocenters. The molecule has 2 fully saturated rings. The number of nitrogens with one attached hydrogen (secondary N) is 1. The molecule has 3 aliphatic heterocycles. The fourth-order valence-electron chi connectivity index (χ4n) is 5.53. The van der Waals surface area contributed by atoms with Gasteiger partial charge in [-0.2, -0.15) is 5.10 Å². The van der Waals surface area contributed by atoms with Crippen molar-refractivity contribution in [2.75, 3.05) is 18.5 Å². The molecule has 6 rings (SSSR count). The fourth-order valence-corrected chi connectivity index (χ4v) is 5.82. The maximum Gasteiger partial charge on any atom is 0.252 e. The van der Waals surface area contributed by atoms with E-state index >= 15 is 0 Å². The molecule has 3 aliphatic rings. The number of ether oxygens (including phenoxy) is 2. The zero-order chi connectivity index (χ0) is 23.8. The largest absolute Gasteiger partial charge is 0.381 e. The van der Waals surface area contributed by atoms with Crippen molar-refractivity contribution in [1.29, 1.82) is 0 Å². The normalized spacial score (nSPS) is 22.4. The van der Waals surface area contributed by atoms with Crippen LogP contribution in [-0.4, -0.2) is 41.1 Å². The van der Waals surface area contributed by atoms with E-state index in [1.54, 1.807) is 0 Å². The fraction of sp³-hybridized carbons (Fsp3) is 0.357. The van der Waals surface area contributed by atoms with Gasteiger partial charge < -0.3 is 14.8 Å². The summed E-state index contributed by atoms with van der Waals surface area (Å²) in [5.74, 6) is -0.0940. The van der Waals surface area contributed by atoms with Crippen LogP contribution in [0.3, 0.4) is 0 Å². The van der Waals surface area contributed by atoms with E-state index in [9.17, 15) is 4.79 Å². The number of carbonyl (C=O) groups excluding carboxylic acids is 1. The highest BCUT2D eigenvalue weighted by Gasteiger charge is 2.40. The predicted octanol–water partition coefficient (Wildman–Crippen LogP) is 5.90. The summed E-state index contributed by atoms with van der Waals surface area (Å²) in [4.78, 5) is 13.6. The number of amides is 1. The van der Waals surface area contributed by atoms with Crippen LogP contribution in [0.1, 0.15) is 43.8 Å². The second-order valence-electron chi connectivity index (χ2n) is 9.44. The first-order valence-corrected chi connectivity index (χ1v) is 12.7. The van der Waals surface area contributed by atoms with Crippen LogP contribution in [0, 0.1) is 0 Å². The molecule has 0 spiro atoms. The number of hydrogen-bond acceptors (Lipinski definition) is 4. The number of rotatable bonds is 5. The average molecular weight is 490 g/mol. The number of hydrogen-bond donors (Lipinski definition) is 1. The van der Waals surface area contributed by atoms with E-state index in [2.05, 4.69) is 15.1 Å². The summed E-state index contributed by atoms with van der Waals surface area (Å²) < 4.78 is 13.9. The molecule has 7 heteroatoms. The van der Waals surface area contributed by atoms with Crippen molar-refractivity contribution in [3.05, 3.63) is 77.1 Å². The van der Waals surface area contributed by atoms with Gasteiger partial charge in [0, 0.05) is 48.2 Å². The Bertz CT molecular complexity index is 1260. The van der Waals surface area contributed by atoms with E-state index in [4.69, 9.17) is 21.1 Å². The zero-order valence-corrected chi connectivity index (χ0v) is 20.2. The van der Waals surface area contributed by atoms with Gasteiger partial charge in [-0.1, -0.05) is 48.0 Å². The first kappa shape index (κ1) is 22.5. The zero-order valence-electron chi connectivity index (χ0n) is 19.5. The SMILES string of the molecule is O=C(Nc1ccc(-c2ccccc2)c(Cl)c1)C1=C(c2ccnn2C2CCOCC2)[C@@H]2CC[C@H](C1)O2. The Morgan fingerprint density at radius 1 is 1.03 bits per heavy atom. The molecule has 180 valence electrons. The van der Waals surface area contributed by atoms with Gasteiger partial charge in [-0.15, -0.1) is 0 Å². The molecular weight excluding hydrogens is 462 g/mol. The molecule has 35 heavy (non-hydrogen) atoms. The monoisotopic (exact) mass is 489 g/mol. The second-order valence-corrected chi connectivity index (χ2v) is 9.85. The molecule has 1 amide bonds. The van der Waals surface area contributed by atoms with Crippen molar-refractivity contribution in [1.82, 2.24) is 9.78 Å². The summed E-state index contributed by atoms with van der Waals surface area (Å²) >= 11 is 6.60. The van der Waals surface area contributed by atoms with Crippen LogP contribution in [0.15, 0.2) is 66.4 Å². The number of aromatic nitrogens is 2. The second kappa shape index (κ2) is 9.61. The molecule has 2 bridgehead atoms. The minimum absolute atomic E-state index is 0.0752. The van der Waals surface area contributed by atoms with Gasteiger partial charge in [0.05, 0.1) is 29.0 Å². The number of nitrogens with zero attached hydrogens (tertiary/aromatic N) is 2. The Morgan fingerprint density at radius 3 is 2.66 bits per heavy atom. The lowest BCUT2D eigenvalue weighted by Crippen LogP contribution is -2.30. The molecule has 2 aromatic carbocycles. The predicted molar refractivity (Wildman–Crippen MR) is 136 cm³/mol. The standard InChI is InChI=1S/C28H28ClN3O3/c29-24-16-19(6-8-22(24)18-4-2-1-3-5-18)31-28(33)23-17-21-7-9-26(35-21)27(23)25-10-13-30-32(25)20-11-14-34-15-12-20/h1-6,8,10,13,16,20-21,26H,7,9,11-12,14-15,17H2,(H,31,33)/t21-,26+/m1/s1. The highest BCUT2D eigenvalue weighted by atomic mass is 35.5. The van der Waals surface area contributed by atoms with Gasteiger partial charge in [0.15, 0.2) is 0 Å². The quantitative estimate of drug-likeness (QED) is 0.484. The Kier molecular flexibility index (Phi) is 6.19. The van der Waals surface area contributed by atoms with Crippen LogP contribution in [0.4, 0.5) is 5.69 Å². The Balaban J connectivity index is 1.31. The highest BCUT2D eigenvalue weighted by molar-refractivity contribution is 6.33. The van der Waals surface area contributed by atoms with E-state index in [1.807, 2.05) is 60.8 Å². The molecule has 0 saturated carbocycles. The molecule has 2 saturated heterocycles. The van der Waals surface area contributed by atoms with E-state index in [-0.39, 0.29) is 24.2 Å². The molecule has 3 aromatic rings. The van der Waals surface area contributed by atoms with Gasteiger partial charge >= 0.3 is 0 Å². The molecule has 0 aliphatic carbocycles. The van der Waals surface area contributed by atoms with Crippen molar-refractivity contribution in [3.8, 4) is 11.1 Å². The maximum absolute atomic E-state index is 13.6. The van der Waals surface area contributed by atoms with E-state index < -0.39 is 0 Å². The third-order valence-electron chi connectivity index (χ3n) is 7.26. The average Bonchev–Trinajstić information content (AvgIpc) is 3.52. The van der Waals surface area contributed by atoms with Crippen LogP contribution in [0.2, 0.25) is 5.02 Å². The van der Waals surface area contributed by atoms with Gasteiger partial charge in [0.2, 0.25) is 0 Å². The summed E-state index contributed by atoms with van der Waals surface area (Å²) in [5.41, 5.74) is 5.43. The third kappa shape index (κ3) is 4.42. The van der Waals surface area contributed by atoms with Crippen molar-refractivity contribution >= 4 is 28.8 Å². The summed E-state index contributed by atoms with van der Waals surface area (Å²) in [6.07, 6.45) is 6.18. The topological polar surface area (TPSA) is 65.4 Å². The van der Waals surface area contributed by atoms with Gasteiger partial charge in [0.1, 0.15) is 0 Å². The van der Waals surface area contributed by atoms with Crippen LogP contribution in [-0.2, 0) is 14.3 Å². The summed E-state index contributed by atoms with van der Waals surface area (Å²) in [6, 6.07) is 18.0. The first-order chi connectivity index (χ1) is 17.2. The van der Waals surface area contributed by atoms with E-state index in [1.165, 1.54) is 0 Å². The van der Waals surface area contributed by atoms with Crippen LogP contribution in [0.5, 0.6) is 0 Å².